The van der Waals surface area contributed by atoms with Crippen molar-refractivity contribution in [2.75, 3.05) is 6.54 Å². The third-order valence-corrected chi connectivity index (χ3v) is 7.28. The van der Waals surface area contributed by atoms with E-state index < -0.39 is 21.9 Å². The van der Waals surface area contributed by atoms with Gasteiger partial charge in [-0.15, -0.1) is 12.4 Å². The lowest BCUT2D eigenvalue weighted by Crippen LogP contribution is -2.43. The Balaban J connectivity index is 0.00000408. The molecule has 0 radical (unpaired) electrons. The second-order valence-electron chi connectivity index (χ2n) is 8.49. The summed E-state index contributed by atoms with van der Waals surface area (Å²) in [5.74, 6) is -1.18. The SMILES string of the molecule is CC(C)(Cc1ccc(S(=O)(=O)c2cccc(C(=O)O)c2)cc1)NC[C@@H](O)c1cccc(Cl)c1.Cl. The molecule has 0 aliphatic heterocycles. The van der Waals surface area contributed by atoms with E-state index in [0.29, 0.717) is 18.0 Å². The number of hydrogen-bond donors (Lipinski definition) is 3. The summed E-state index contributed by atoms with van der Waals surface area (Å²) in [6, 6.07) is 18.9. The highest BCUT2D eigenvalue weighted by Gasteiger charge is 2.22. The Hall–Kier alpha value is -2.42. The first kappa shape index (κ1) is 27.8. The largest absolute Gasteiger partial charge is 0.478 e. The number of aliphatic hydroxyl groups is 1. The molecule has 0 bridgehead atoms. The van der Waals surface area contributed by atoms with Crippen LogP contribution in [-0.2, 0) is 16.3 Å². The monoisotopic (exact) mass is 523 g/mol. The minimum Gasteiger partial charge on any atom is -0.478 e. The van der Waals surface area contributed by atoms with Crippen LogP contribution >= 0.6 is 24.0 Å². The number of carboxylic acid groups (broad SMARTS) is 1. The minimum absolute atomic E-state index is 0. The van der Waals surface area contributed by atoms with E-state index in [1.807, 2.05) is 19.9 Å². The van der Waals surface area contributed by atoms with Gasteiger partial charge in [-0.05, 0) is 73.9 Å². The molecule has 0 spiro atoms. The van der Waals surface area contributed by atoms with Gasteiger partial charge in [-0.3, -0.25) is 0 Å². The maximum Gasteiger partial charge on any atom is 0.335 e. The van der Waals surface area contributed by atoms with Crippen molar-refractivity contribution in [3.05, 3.63) is 94.5 Å². The highest BCUT2D eigenvalue weighted by molar-refractivity contribution is 7.91. The lowest BCUT2D eigenvalue weighted by molar-refractivity contribution is 0.0696. The Kier molecular flexibility index (Phi) is 9.28. The summed E-state index contributed by atoms with van der Waals surface area (Å²) in [5.41, 5.74) is 1.20. The molecule has 34 heavy (non-hydrogen) atoms. The summed E-state index contributed by atoms with van der Waals surface area (Å²) >= 11 is 5.99. The van der Waals surface area contributed by atoms with Crippen LogP contribution < -0.4 is 5.32 Å². The van der Waals surface area contributed by atoms with Gasteiger partial charge in [0.1, 0.15) is 0 Å². The van der Waals surface area contributed by atoms with Gasteiger partial charge in [-0.2, -0.15) is 0 Å². The zero-order chi connectivity index (χ0) is 24.2. The molecule has 0 saturated carbocycles. The van der Waals surface area contributed by atoms with Crippen LogP contribution in [0, 0.1) is 0 Å². The van der Waals surface area contributed by atoms with Gasteiger partial charge in [0.25, 0.3) is 0 Å². The number of β-amino-alcohol motifs (C(OH)–C–C–N with tert-alkyl or cyclic N) is 1. The van der Waals surface area contributed by atoms with Crippen molar-refractivity contribution in [3.63, 3.8) is 0 Å². The Labute approximate surface area is 210 Å². The second-order valence-corrected chi connectivity index (χ2v) is 10.9. The average molecular weight is 524 g/mol. The van der Waals surface area contributed by atoms with Crippen molar-refractivity contribution in [1.29, 1.82) is 0 Å². The van der Waals surface area contributed by atoms with E-state index >= 15 is 0 Å². The third kappa shape index (κ3) is 7.04. The number of hydrogen-bond acceptors (Lipinski definition) is 5. The molecule has 182 valence electrons. The molecule has 0 saturated heterocycles. The fourth-order valence-electron chi connectivity index (χ4n) is 3.50. The molecule has 6 nitrogen and oxygen atoms in total. The maximum atomic E-state index is 12.9. The zero-order valence-corrected chi connectivity index (χ0v) is 21.1. The number of aliphatic hydroxyl groups excluding tert-OH is 1. The Bertz CT molecular complexity index is 1240. The predicted octanol–water partition coefficient (Wildman–Crippen LogP) is 4.94. The van der Waals surface area contributed by atoms with Crippen LogP contribution in [-0.4, -0.2) is 36.7 Å². The van der Waals surface area contributed by atoms with Crippen molar-refractivity contribution in [1.82, 2.24) is 5.32 Å². The molecule has 0 aliphatic carbocycles. The topological polar surface area (TPSA) is 104 Å². The van der Waals surface area contributed by atoms with Gasteiger partial charge >= 0.3 is 5.97 Å². The molecule has 0 heterocycles. The molecule has 0 unspecified atom stereocenters. The summed E-state index contributed by atoms with van der Waals surface area (Å²) in [5, 5.41) is 23.5. The molecule has 0 fully saturated rings. The van der Waals surface area contributed by atoms with Crippen molar-refractivity contribution in [3.8, 4) is 0 Å². The molecule has 0 aromatic heterocycles. The molecule has 0 amide bonds. The Morgan fingerprint density at radius 2 is 1.65 bits per heavy atom. The van der Waals surface area contributed by atoms with E-state index in [-0.39, 0.29) is 33.3 Å². The Morgan fingerprint density at radius 1 is 1.00 bits per heavy atom. The van der Waals surface area contributed by atoms with Crippen molar-refractivity contribution < 1.29 is 23.4 Å². The van der Waals surface area contributed by atoms with Gasteiger partial charge in [0, 0.05) is 17.1 Å². The van der Waals surface area contributed by atoms with Crippen LogP contribution in [0.4, 0.5) is 0 Å². The molecule has 0 aliphatic rings. The number of benzene rings is 3. The summed E-state index contributed by atoms with van der Waals surface area (Å²) < 4.78 is 25.8. The van der Waals surface area contributed by atoms with Crippen LogP contribution in [0.1, 0.15) is 41.4 Å². The Morgan fingerprint density at radius 3 is 2.26 bits per heavy atom. The normalized spacial score (nSPS) is 12.6. The molecule has 3 aromatic carbocycles. The van der Waals surface area contributed by atoms with Gasteiger partial charge in [0.15, 0.2) is 0 Å². The van der Waals surface area contributed by atoms with Crippen LogP contribution in [0.15, 0.2) is 82.6 Å². The van der Waals surface area contributed by atoms with E-state index in [1.165, 1.54) is 30.3 Å². The first-order valence-electron chi connectivity index (χ1n) is 10.3. The average Bonchev–Trinajstić information content (AvgIpc) is 2.77. The summed E-state index contributed by atoms with van der Waals surface area (Å²) in [4.78, 5) is 11.2. The van der Waals surface area contributed by atoms with Gasteiger partial charge in [-0.1, -0.05) is 41.9 Å². The van der Waals surface area contributed by atoms with Crippen molar-refractivity contribution in [2.45, 2.75) is 41.7 Å². The number of aromatic carboxylic acids is 1. The fourth-order valence-corrected chi connectivity index (χ4v) is 5.00. The molecule has 1 atom stereocenters. The standard InChI is InChI=1S/C25H26ClNO5S.ClH/c1-25(2,27-16-23(28)18-5-3-7-20(26)13-18)15-17-9-11-21(12-10-17)33(31,32)22-8-4-6-19(14-22)24(29)30;/h3-14,23,27-28H,15-16H2,1-2H3,(H,29,30);1H/t23-;/m1./s1. The second kappa shape index (κ2) is 11.3. The lowest BCUT2D eigenvalue weighted by Gasteiger charge is -2.28. The minimum atomic E-state index is -3.83. The molecule has 3 aromatic rings. The number of sulfone groups is 1. The fraction of sp³-hybridized carbons (Fsp3) is 0.240. The van der Waals surface area contributed by atoms with E-state index in [9.17, 15) is 18.3 Å². The highest BCUT2D eigenvalue weighted by Crippen LogP contribution is 2.24. The number of nitrogens with one attached hydrogen (secondary N) is 1. The van der Waals surface area contributed by atoms with E-state index in [2.05, 4.69) is 5.32 Å². The van der Waals surface area contributed by atoms with E-state index in [4.69, 9.17) is 16.7 Å². The summed E-state index contributed by atoms with van der Waals surface area (Å²) in [7, 11) is -3.83. The van der Waals surface area contributed by atoms with E-state index in [1.54, 1.807) is 30.3 Å². The van der Waals surface area contributed by atoms with Gasteiger partial charge in [0.05, 0.1) is 21.5 Å². The highest BCUT2D eigenvalue weighted by atomic mass is 35.5. The van der Waals surface area contributed by atoms with Gasteiger partial charge in [-0.25, -0.2) is 13.2 Å². The molecule has 3 N–H and O–H groups in total. The van der Waals surface area contributed by atoms with Crippen LogP contribution in [0.2, 0.25) is 5.02 Å². The third-order valence-electron chi connectivity index (χ3n) is 5.28. The molecule has 3 rings (SSSR count). The summed E-state index contributed by atoms with van der Waals surface area (Å²) in [6.45, 7) is 4.33. The predicted molar refractivity (Wildman–Crippen MR) is 135 cm³/mol. The van der Waals surface area contributed by atoms with E-state index in [0.717, 1.165) is 17.2 Å². The van der Waals surface area contributed by atoms with Crippen LogP contribution in [0.25, 0.3) is 0 Å². The first-order chi connectivity index (χ1) is 15.5. The molecular weight excluding hydrogens is 497 g/mol. The van der Waals surface area contributed by atoms with Crippen LogP contribution in [0.3, 0.4) is 0 Å². The quantitative estimate of drug-likeness (QED) is 0.367. The van der Waals surface area contributed by atoms with Crippen LogP contribution in [0.5, 0.6) is 0 Å². The smallest absolute Gasteiger partial charge is 0.335 e. The van der Waals surface area contributed by atoms with Crippen molar-refractivity contribution in [2.24, 2.45) is 0 Å². The number of carboxylic acids is 1. The molecular formula is C25H27Cl2NO5S. The maximum absolute atomic E-state index is 12.9. The first-order valence-corrected chi connectivity index (χ1v) is 12.2. The summed E-state index contributed by atoms with van der Waals surface area (Å²) in [6.07, 6.45) is -0.110. The molecule has 9 heteroatoms. The zero-order valence-electron chi connectivity index (χ0n) is 18.7. The lowest BCUT2D eigenvalue weighted by atomic mass is 9.94. The van der Waals surface area contributed by atoms with Gasteiger partial charge < -0.3 is 15.5 Å². The van der Waals surface area contributed by atoms with Gasteiger partial charge in [0.2, 0.25) is 9.84 Å². The number of carbonyl (C=O) groups is 1. The number of rotatable bonds is 9. The van der Waals surface area contributed by atoms with Crippen molar-refractivity contribution >= 4 is 39.8 Å². The number of halogens is 2.